The van der Waals surface area contributed by atoms with E-state index in [0.717, 1.165) is 26.2 Å². The molecule has 3 heterocycles. The first-order valence-electron chi connectivity index (χ1n) is 11.9. The molecule has 1 unspecified atom stereocenters. The van der Waals surface area contributed by atoms with Gasteiger partial charge in [-0.15, -0.1) is 0 Å². The van der Waals surface area contributed by atoms with Crippen LogP contribution in [0.3, 0.4) is 0 Å². The molecule has 1 atom stereocenters. The summed E-state index contributed by atoms with van der Waals surface area (Å²) in [6, 6.07) is 9.91. The highest BCUT2D eigenvalue weighted by molar-refractivity contribution is 6.10. The van der Waals surface area contributed by atoms with Crippen LogP contribution >= 0.6 is 0 Å². The standard InChI is InChI=1S/C25H31N5O6/c1-17(2)35-22(31)16-29-11-9-28(10-12-29)14-20-15-30(25(33)36-20)19-7-5-18(6-8-19)23(26)27-24(32)21-4-3-13-34-21/h3-8,13,17,20H,9-12,14-16H2,1-2H3,(H2,26,27,32). The van der Waals surface area contributed by atoms with E-state index < -0.39 is 12.0 Å². The number of esters is 1. The van der Waals surface area contributed by atoms with Crippen LogP contribution in [-0.4, -0.2) is 91.6 Å². The number of hydrogen-bond acceptors (Lipinski definition) is 9. The van der Waals surface area contributed by atoms with E-state index in [0.29, 0.717) is 24.3 Å². The Labute approximate surface area is 209 Å². The van der Waals surface area contributed by atoms with Crippen molar-refractivity contribution in [2.45, 2.75) is 26.1 Å². The summed E-state index contributed by atoms with van der Waals surface area (Å²) >= 11 is 0. The molecule has 4 rings (SSSR count). The number of cyclic esters (lactones) is 1. The minimum Gasteiger partial charge on any atom is -0.462 e. The fourth-order valence-corrected chi connectivity index (χ4v) is 4.19. The van der Waals surface area contributed by atoms with Gasteiger partial charge < -0.3 is 19.2 Å². The molecule has 0 saturated carbocycles. The maximum absolute atomic E-state index is 12.5. The zero-order valence-corrected chi connectivity index (χ0v) is 20.4. The van der Waals surface area contributed by atoms with Crippen LogP contribution < -0.4 is 10.2 Å². The second kappa shape index (κ2) is 11.4. The van der Waals surface area contributed by atoms with Gasteiger partial charge in [0.1, 0.15) is 11.9 Å². The first-order valence-corrected chi connectivity index (χ1v) is 11.9. The SMILES string of the molecule is CC(C)OC(=O)CN1CCN(CC2CN(c3ccc(C(=N)NC(=O)c4ccco4)cc3)C(=O)O2)CC1. The van der Waals surface area contributed by atoms with Crippen LogP contribution in [0.2, 0.25) is 0 Å². The fraction of sp³-hybridized carbons (Fsp3) is 0.440. The molecule has 1 aromatic heterocycles. The predicted octanol–water partition coefficient (Wildman–Crippen LogP) is 1.93. The molecule has 2 N–H and O–H groups in total. The number of piperazine rings is 1. The molecule has 0 radical (unpaired) electrons. The molecule has 2 aliphatic heterocycles. The first-order chi connectivity index (χ1) is 17.3. The zero-order chi connectivity index (χ0) is 25.7. The normalized spacial score (nSPS) is 18.8. The minimum atomic E-state index is -0.503. The Morgan fingerprint density at radius 1 is 1.11 bits per heavy atom. The summed E-state index contributed by atoms with van der Waals surface area (Å²) in [6.45, 7) is 8.07. The highest BCUT2D eigenvalue weighted by Crippen LogP contribution is 2.23. The Hall–Kier alpha value is -3.70. The Balaban J connectivity index is 1.24. The van der Waals surface area contributed by atoms with Crippen molar-refractivity contribution >= 4 is 29.5 Å². The average Bonchev–Trinajstić information content (AvgIpc) is 3.50. The Kier molecular flexibility index (Phi) is 8.01. The van der Waals surface area contributed by atoms with E-state index in [-0.39, 0.29) is 36.3 Å². The maximum Gasteiger partial charge on any atom is 0.414 e. The number of furan rings is 1. The first kappa shape index (κ1) is 25.4. The summed E-state index contributed by atoms with van der Waals surface area (Å²) in [4.78, 5) is 42.3. The lowest BCUT2D eigenvalue weighted by molar-refractivity contribution is -0.149. The van der Waals surface area contributed by atoms with Crippen molar-refractivity contribution < 1.29 is 28.3 Å². The van der Waals surface area contributed by atoms with Crippen LogP contribution in [-0.2, 0) is 14.3 Å². The van der Waals surface area contributed by atoms with Gasteiger partial charge in [0.15, 0.2) is 5.76 Å². The van der Waals surface area contributed by atoms with Crippen molar-refractivity contribution in [3.05, 3.63) is 54.0 Å². The molecule has 2 aromatic rings. The van der Waals surface area contributed by atoms with E-state index >= 15 is 0 Å². The third kappa shape index (κ3) is 6.49. The van der Waals surface area contributed by atoms with Gasteiger partial charge in [-0.2, -0.15) is 0 Å². The molecular formula is C25H31N5O6. The second-order valence-electron chi connectivity index (χ2n) is 9.09. The number of carbonyl (C=O) groups excluding carboxylic acids is 3. The van der Waals surface area contributed by atoms with Crippen LogP contribution in [0.4, 0.5) is 10.5 Å². The third-order valence-corrected chi connectivity index (χ3v) is 5.97. The predicted molar refractivity (Wildman–Crippen MR) is 131 cm³/mol. The van der Waals surface area contributed by atoms with E-state index in [1.165, 1.54) is 12.3 Å². The summed E-state index contributed by atoms with van der Waals surface area (Å²) in [5.74, 6) is -0.657. The quantitative estimate of drug-likeness (QED) is 0.322. The Morgan fingerprint density at radius 2 is 1.81 bits per heavy atom. The summed E-state index contributed by atoms with van der Waals surface area (Å²) in [7, 11) is 0. The van der Waals surface area contributed by atoms with Crippen molar-refractivity contribution in [1.29, 1.82) is 5.41 Å². The maximum atomic E-state index is 12.5. The fourth-order valence-electron chi connectivity index (χ4n) is 4.19. The Bertz CT molecular complexity index is 1080. The van der Waals surface area contributed by atoms with Gasteiger partial charge in [-0.3, -0.25) is 29.7 Å². The van der Waals surface area contributed by atoms with Crippen LogP contribution in [0.25, 0.3) is 0 Å². The number of benzene rings is 1. The number of amidine groups is 1. The van der Waals surface area contributed by atoms with Gasteiger partial charge in [0.25, 0.3) is 5.91 Å². The highest BCUT2D eigenvalue weighted by atomic mass is 16.6. The topological polar surface area (TPSA) is 128 Å². The third-order valence-electron chi connectivity index (χ3n) is 5.97. The minimum absolute atomic E-state index is 0.0681. The van der Waals surface area contributed by atoms with E-state index in [4.69, 9.17) is 19.3 Å². The molecule has 11 nitrogen and oxygen atoms in total. The molecule has 2 saturated heterocycles. The monoisotopic (exact) mass is 497 g/mol. The van der Waals surface area contributed by atoms with Gasteiger partial charge in [0.2, 0.25) is 0 Å². The van der Waals surface area contributed by atoms with E-state index in [1.807, 2.05) is 13.8 Å². The number of rotatable bonds is 8. The van der Waals surface area contributed by atoms with Crippen molar-refractivity contribution in [3.8, 4) is 0 Å². The second-order valence-corrected chi connectivity index (χ2v) is 9.09. The van der Waals surface area contributed by atoms with Crippen molar-refractivity contribution in [1.82, 2.24) is 15.1 Å². The Morgan fingerprint density at radius 3 is 2.44 bits per heavy atom. The lowest BCUT2D eigenvalue weighted by atomic mass is 10.1. The smallest absolute Gasteiger partial charge is 0.414 e. The molecule has 11 heteroatoms. The summed E-state index contributed by atoms with van der Waals surface area (Å²) in [5, 5.41) is 10.6. The number of carbonyl (C=O) groups is 3. The molecule has 0 bridgehead atoms. The summed E-state index contributed by atoms with van der Waals surface area (Å²) in [6.07, 6.45) is 0.599. The molecular weight excluding hydrogens is 466 g/mol. The lowest BCUT2D eigenvalue weighted by Crippen LogP contribution is -2.50. The highest BCUT2D eigenvalue weighted by Gasteiger charge is 2.34. The van der Waals surface area contributed by atoms with Crippen LogP contribution in [0.1, 0.15) is 30.0 Å². The molecule has 192 valence electrons. The zero-order valence-electron chi connectivity index (χ0n) is 20.4. The van der Waals surface area contributed by atoms with Gasteiger partial charge in [-0.1, -0.05) is 0 Å². The number of nitrogens with zero attached hydrogens (tertiary/aromatic N) is 3. The molecule has 2 amide bonds. The summed E-state index contributed by atoms with van der Waals surface area (Å²) in [5.41, 5.74) is 1.16. The largest absolute Gasteiger partial charge is 0.462 e. The van der Waals surface area contributed by atoms with Crippen molar-refractivity contribution in [2.24, 2.45) is 0 Å². The molecule has 0 aliphatic carbocycles. The molecule has 0 spiro atoms. The number of hydrogen-bond donors (Lipinski definition) is 2. The molecule has 2 aliphatic rings. The van der Waals surface area contributed by atoms with Crippen LogP contribution in [0.5, 0.6) is 0 Å². The molecule has 36 heavy (non-hydrogen) atoms. The number of ether oxygens (including phenoxy) is 2. The molecule has 2 fully saturated rings. The van der Waals surface area contributed by atoms with Gasteiger partial charge >= 0.3 is 12.1 Å². The molecule has 1 aromatic carbocycles. The van der Waals surface area contributed by atoms with Gasteiger partial charge in [0, 0.05) is 44.0 Å². The lowest BCUT2D eigenvalue weighted by Gasteiger charge is -2.34. The van der Waals surface area contributed by atoms with E-state index in [9.17, 15) is 14.4 Å². The number of anilines is 1. The van der Waals surface area contributed by atoms with Gasteiger partial charge in [-0.05, 0) is 50.2 Å². The van der Waals surface area contributed by atoms with Crippen LogP contribution in [0, 0.1) is 5.41 Å². The number of amides is 2. The van der Waals surface area contributed by atoms with Crippen molar-refractivity contribution in [2.75, 3.05) is 50.7 Å². The van der Waals surface area contributed by atoms with Gasteiger partial charge in [-0.25, -0.2) is 4.79 Å². The summed E-state index contributed by atoms with van der Waals surface area (Å²) < 4.78 is 15.8. The van der Waals surface area contributed by atoms with Crippen molar-refractivity contribution in [3.63, 3.8) is 0 Å². The van der Waals surface area contributed by atoms with E-state index in [1.54, 1.807) is 35.2 Å². The number of nitrogens with one attached hydrogen (secondary N) is 2. The van der Waals surface area contributed by atoms with Gasteiger partial charge in [0.05, 0.1) is 25.5 Å². The van der Waals surface area contributed by atoms with Crippen LogP contribution in [0.15, 0.2) is 47.1 Å². The van der Waals surface area contributed by atoms with E-state index in [2.05, 4.69) is 15.1 Å². The average molecular weight is 498 g/mol.